The van der Waals surface area contributed by atoms with Crippen LogP contribution in [0.15, 0.2) is 17.5 Å². The Morgan fingerprint density at radius 2 is 1.90 bits per heavy atom. The fourth-order valence-corrected chi connectivity index (χ4v) is 2.81. The molecule has 0 N–H and O–H groups in total. The maximum Gasteiger partial charge on any atom is 0.181 e. The number of hydrogen-bond donors (Lipinski definition) is 0. The number of benzene rings is 1. The first kappa shape index (κ1) is 14.0. The highest BCUT2D eigenvalue weighted by Crippen LogP contribution is 2.34. The van der Waals surface area contributed by atoms with Crippen molar-refractivity contribution in [3.8, 4) is 23.0 Å². The largest absolute Gasteiger partial charge is 0.497 e. The molecule has 0 atom stereocenters. The van der Waals surface area contributed by atoms with Crippen molar-refractivity contribution in [2.75, 3.05) is 14.2 Å². The van der Waals surface area contributed by atoms with Crippen LogP contribution in [0.1, 0.15) is 5.01 Å². The summed E-state index contributed by atoms with van der Waals surface area (Å²) in [6.45, 7) is 1.93. The van der Waals surface area contributed by atoms with Crippen LogP contribution in [0.4, 0.5) is 0 Å². The van der Waals surface area contributed by atoms with Gasteiger partial charge in [0.15, 0.2) is 5.82 Å². The van der Waals surface area contributed by atoms with Crippen LogP contribution in [0, 0.1) is 6.92 Å². The van der Waals surface area contributed by atoms with Gasteiger partial charge in [0.2, 0.25) is 0 Å². The maximum absolute atomic E-state index is 6.29. The van der Waals surface area contributed by atoms with E-state index in [2.05, 4.69) is 15.0 Å². The summed E-state index contributed by atoms with van der Waals surface area (Å²) in [6, 6.07) is 3.55. The van der Waals surface area contributed by atoms with E-state index in [4.69, 9.17) is 21.1 Å². The van der Waals surface area contributed by atoms with Gasteiger partial charge in [-0.1, -0.05) is 11.6 Å². The van der Waals surface area contributed by atoms with Gasteiger partial charge in [0.25, 0.3) is 0 Å². The lowest BCUT2D eigenvalue weighted by atomic mass is 10.2. The molecule has 0 unspecified atom stereocenters. The molecule has 3 rings (SSSR count). The first-order chi connectivity index (χ1) is 10.1. The number of aryl methyl sites for hydroxylation is 1. The molecule has 0 radical (unpaired) electrons. The third-order valence-corrected chi connectivity index (χ3v) is 4.06. The molecular weight excluding hydrogens is 310 g/mol. The summed E-state index contributed by atoms with van der Waals surface area (Å²) >= 11 is 7.83. The molecule has 0 spiro atoms. The summed E-state index contributed by atoms with van der Waals surface area (Å²) in [4.78, 5) is 13.2. The normalized spacial score (nSPS) is 10.9. The van der Waals surface area contributed by atoms with E-state index in [0.29, 0.717) is 39.1 Å². The predicted molar refractivity (Wildman–Crippen MR) is 83.5 cm³/mol. The standard InChI is InChI=1S/C14H12ClN3O2S/c1-7-16-10(6-21-7)14-17-12-9(13(15)18-14)4-8(19-2)5-11(12)20-3/h4-6H,1-3H3. The molecule has 21 heavy (non-hydrogen) atoms. The lowest BCUT2D eigenvalue weighted by Crippen LogP contribution is -1.96. The van der Waals surface area contributed by atoms with Gasteiger partial charge in [0, 0.05) is 16.8 Å². The molecule has 0 saturated carbocycles. The van der Waals surface area contributed by atoms with E-state index in [-0.39, 0.29) is 0 Å². The van der Waals surface area contributed by atoms with Crippen LogP contribution in [-0.4, -0.2) is 29.2 Å². The molecule has 0 aliphatic carbocycles. The third kappa shape index (κ3) is 2.52. The Balaban J connectivity index is 2.27. The summed E-state index contributed by atoms with van der Waals surface area (Å²) in [6.07, 6.45) is 0. The molecule has 5 nitrogen and oxygen atoms in total. The maximum atomic E-state index is 6.29. The second-order valence-corrected chi connectivity index (χ2v) is 5.74. The molecule has 108 valence electrons. The van der Waals surface area contributed by atoms with E-state index in [9.17, 15) is 0 Å². The number of ether oxygens (including phenoxy) is 2. The van der Waals surface area contributed by atoms with Crippen molar-refractivity contribution in [1.29, 1.82) is 0 Å². The summed E-state index contributed by atoms with van der Waals surface area (Å²) in [7, 11) is 3.17. The number of thiazole rings is 1. The number of nitrogens with zero attached hydrogens (tertiary/aromatic N) is 3. The molecule has 3 aromatic rings. The van der Waals surface area contributed by atoms with Crippen molar-refractivity contribution in [3.05, 3.63) is 27.7 Å². The average Bonchev–Trinajstić information content (AvgIpc) is 2.92. The van der Waals surface area contributed by atoms with Crippen molar-refractivity contribution in [3.63, 3.8) is 0 Å². The van der Waals surface area contributed by atoms with E-state index < -0.39 is 0 Å². The smallest absolute Gasteiger partial charge is 0.181 e. The summed E-state index contributed by atoms with van der Waals surface area (Å²) < 4.78 is 10.6. The van der Waals surface area contributed by atoms with Gasteiger partial charge in [-0.2, -0.15) is 0 Å². The van der Waals surface area contributed by atoms with Gasteiger partial charge in [-0.25, -0.2) is 15.0 Å². The third-order valence-electron chi connectivity index (χ3n) is 3.00. The van der Waals surface area contributed by atoms with Gasteiger partial charge < -0.3 is 9.47 Å². The van der Waals surface area contributed by atoms with E-state index >= 15 is 0 Å². The molecule has 1 aromatic carbocycles. The Bertz CT molecular complexity index is 819. The van der Waals surface area contributed by atoms with Crippen LogP contribution < -0.4 is 9.47 Å². The minimum Gasteiger partial charge on any atom is -0.497 e. The highest BCUT2D eigenvalue weighted by molar-refractivity contribution is 7.09. The van der Waals surface area contributed by atoms with E-state index in [1.54, 1.807) is 37.7 Å². The first-order valence-electron chi connectivity index (χ1n) is 6.14. The predicted octanol–water partition coefficient (Wildman–Crippen LogP) is 3.73. The molecular formula is C14H12ClN3O2S. The van der Waals surface area contributed by atoms with Crippen LogP contribution in [0.2, 0.25) is 5.15 Å². The van der Waals surface area contributed by atoms with Gasteiger partial charge in [0.1, 0.15) is 27.9 Å². The molecule has 0 fully saturated rings. The topological polar surface area (TPSA) is 57.1 Å². The molecule has 7 heteroatoms. The SMILES string of the molecule is COc1cc(OC)c2nc(-c3csc(C)n3)nc(Cl)c2c1. The summed E-state index contributed by atoms with van der Waals surface area (Å²) in [5.41, 5.74) is 1.35. The van der Waals surface area contributed by atoms with Crippen molar-refractivity contribution in [1.82, 2.24) is 15.0 Å². The van der Waals surface area contributed by atoms with Crippen molar-refractivity contribution >= 4 is 33.8 Å². The number of methoxy groups -OCH3 is 2. The van der Waals surface area contributed by atoms with Crippen molar-refractivity contribution < 1.29 is 9.47 Å². The summed E-state index contributed by atoms with van der Waals surface area (Å²) in [5, 5.41) is 3.89. The monoisotopic (exact) mass is 321 g/mol. The molecule has 0 saturated heterocycles. The second-order valence-electron chi connectivity index (χ2n) is 4.32. The van der Waals surface area contributed by atoms with Crippen LogP contribution >= 0.6 is 22.9 Å². The Morgan fingerprint density at radius 1 is 1.10 bits per heavy atom. The number of fused-ring (bicyclic) bond motifs is 1. The van der Waals surface area contributed by atoms with E-state index in [0.717, 1.165) is 5.01 Å². The van der Waals surface area contributed by atoms with Crippen LogP contribution in [0.5, 0.6) is 11.5 Å². The first-order valence-corrected chi connectivity index (χ1v) is 7.40. The fourth-order valence-electron chi connectivity index (χ4n) is 1.99. The number of halogens is 1. The zero-order chi connectivity index (χ0) is 15.0. The highest BCUT2D eigenvalue weighted by atomic mass is 35.5. The molecule has 0 amide bonds. The van der Waals surface area contributed by atoms with Crippen LogP contribution in [-0.2, 0) is 0 Å². The second kappa shape index (κ2) is 5.46. The Hall–Kier alpha value is -1.92. The van der Waals surface area contributed by atoms with E-state index in [1.165, 1.54) is 0 Å². The zero-order valence-electron chi connectivity index (χ0n) is 11.7. The number of rotatable bonds is 3. The Labute approximate surface area is 130 Å². The van der Waals surface area contributed by atoms with Crippen molar-refractivity contribution in [2.24, 2.45) is 0 Å². The quantitative estimate of drug-likeness (QED) is 0.688. The molecule has 0 aliphatic heterocycles. The molecule has 0 aliphatic rings. The van der Waals surface area contributed by atoms with Gasteiger partial charge in [-0.05, 0) is 13.0 Å². The number of hydrogen-bond acceptors (Lipinski definition) is 6. The van der Waals surface area contributed by atoms with Gasteiger partial charge in [-0.3, -0.25) is 0 Å². The number of aromatic nitrogens is 3. The minimum atomic E-state index is 0.345. The van der Waals surface area contributed by atoms with Crippen molar-refractivity contribution in [2.45, 2.75) is 6.92 Å². The molecule has 2 heterocycles. The van der Waals surface area contributed by atoms with Gasteiger partial charge in [-0.15, -0.1) is 11.3 Å². The Morgan fingerprint density at radius 3 is 2.52 bits per heavy atom. The van der Waals surface area contributed by atoms with Crippen LogP contribution in [0.3, 0.4) is 0 Å². The average molecular weight is 322 g/mol. The molecule has 2 aromatic heterocycles. The fraction of sp³-hybridized carbons (Fsp3) is 0.214. The summed E-state index contributed by atoms with van der Waals surface area (Å²) in [5.74, 6) is 1.71. The lowest BCUT2D eigenvalue weighted by Gasteiger charge is -2.09. The van der Waals surface area contributed by atoms with Crippen LogP contribution in [0.25, 0.3) is 22.4 Å². The zero-order valence-corrected chi connectivity index (χ0v) is 13.2. The Kier molecular flexibility index (Phi) is 3.65. The lowest BCUT2D eigenvalue weighted by molar-refractivity contribution is 0.397. The van der Waals surface area contributed by atoms with Gasteiger partial charge in [0.05, 0.1) is 19.2 Å². The minimum absolute atomic E-state index is 0.345. The van der Waals surface area contributed by atoms with E-state index in [1.807, 2.05) is 12.3 Å². The molecule has 0 bridgehead atoms. The van der Waals surface area contributed by atoms with Gasteiger partial charge >= 0.3 is 0 Å². The highest BCUT2D eigenvalue weighted by Gasteiger charge is 2.15.